The Morgan fingerprint density at radius 3 is 2.19 bits per heavy atom. The van der Waals surface area contributed by atoms with Crippen molar-refractivity contribution in [3.05, 3.63) is 59.2 Å². The van der Waals surface area contributed by atoms with Gasteiger partial charge >= 0.3 is 5.97 Å². The number of nitrogens with one attached hydrogen (secondary N) is 1. The minimum Gasteiger partial charge on any atom is -0.427 e. The molecule has 2 aromatic carbocycles. The Balaban J connectivity index is 1.69. The molecule has 1 aliphatic rings. The van der Waals surface area contributed by atoms with E-state index in [4.69, 9.17) is 4.74 Å². The molecule has 132 valence electrons. The van der Waals surface area contributed by atoms with Crippen LogP contribution in [0.4, 0.5) is 5.69 Å². The SMILES string of the molecule is CC(=O)Oc1ccc(NC(=O)CN2C(=O)c3ccccc3C2=O)c(C)c1. The van der Waals surface area contributed by atoms with Gasteiger partial charge in [-0.15, -0.1) is 0 Å². The summed E-state index contributed by atoms with van der Waals surface area (Å²) >= 11 is 0. The van der Waals surface area contributed by atoms with Crippen LogP contribution >= 0.6 is 0 Å². The van der Waals surface area contributed by atoms with Gasteiger partial charge in [-0.05, 0) is 42.8 Å². The molecule has 0 bridgehead atoms. The van der Waals surface area contributed by atoms with E-state index in [-0.39, 0.29) is 6.54 Å². The number of carbonyl (C=O) groups excluding carboxylic acids is 4. The normalized spacial score (nSPS) is 12.8. The lowest BCUT2D eigenvalue weighted by Gasteiger charge is -2.15. The highest BCUT2D eigenvalue weighted by molar-refractivity contribution is 6.22. The highest BCUT2D eigenvalue weighted by atomic mass is 16.5. The highest BCUT2D eigenvalue weighted by Gasteiger charge is 2.36. The molecule has 0 saturated carbocycles. The fourth-order valence-corrected chi connectivity index (χ4v) is 2.72. The number of hydrogen-bond acceptors (Lipinski definition) is 5. The monoisotopic (exact) mass is 352 g/mol. The number of hydrogen-bond donors (Lipinski definition) is 1. The van der Waals surface area contributed by atoms with Crippen molar-refractivity contribution >= 4 is 29.4 Å². The third kappa shape index (κ3) is 3.32. The molecule has 3 rings (SSSR count). The number of esters is 1. The Morgan fingerprint density at radius 2 is 1.65 bits per heavy atom. The van der Waals surface area contributed by atoms with E-state index < -0.39 is 23.7 Å². The van der Waals surface area contributed by atoms with Crippen LogP contribution in [0.5, 0.6) is 5.75 Å². The molecule has 0 fully saturated rings. The Kier molecular flexibility index (Phi) is 4.53. The molecule has 0 aromatic heterocycles. The van der Waals surface area contributed by atoms with Crippen LogP contribution < -0.4 is 10.1 Å². The summed E-state index contributed by atoms with van der Waals surface area (Å²) < 4.78 is 4.98. The first-order chi connectivity index (χ1) is 12.4. The Bertz CT molecular complexity index is 900. The number of imide groups is 1. The summed E-state index contributed by atoms with van der Waals surface area (Å²) in [7, 11) is 0. The van der Waals surface area contributed by atoms with E-state index in [0.717, 1.165) is 4.90 Å². The molecule has 0 spiro atoms. The van der Waals surface area contributed by atoms with Crippen LogP contribution in [0.1, 0.15) is 33.2 Å². The van der Waals surface area contributed by atoms with Crippen LogP contribution in [0.25, 0.3) is 0 Å². The summed E-state index contributed by atoms with van der Waals surface area (Å²) in [5.74, 6) is -1.53. The van der Waals surface area contributed by atoms with Gasteiger partial charge in [0.1, 0.15) is 12.3 Å². The maximum atomic E-state index is 12.3. The first kappa shape index (κ1) is 17.3. The molecule has 0 atom stereocenters. The third-order valence-electron chi connectivity index (χ3n) is 3.91. The van der Waals surface area contributed by atoms with Crippen molar-refractivity contribution in [1.82, 2.24) is 4.90 Å². The predicted octanol–water partition coefficient (Wildman–Crippen LogP) is 2.16. The zero-order valence-corrected chi connectivity index (χ0v) is 14.2. The van der Waals surface area contributed by atoms with Gasteiger partial charge < -0.3 is 10.1 Å². The van der Waals surface area contributed by atoms with Gasteiger partial charge in [-0.3, -0.25) is 24.1 Å². The molecule has 0 saturated heterocycles. The minimum atomic E-state index is -0.497. The summed E-state index contributed by atoms with van der Waals surface area (Å²) in [6.07, 6.45) is 0. The number of nitrogens with zero attached hydrogens (tertiary/aromatic N) is 1. The van der Waals surface area contributed by atoms with E-state index >= 15 is 0 Å². The number of benzene rings is 2. The van der Waals surface area contributed by atoms with Crippen molar-refractivity contribution in [3.63, 3.8) is 0 Å². The van der Waals surface area contributed by atoms with E-state index in [1.54, 1.807) is 49.4 Å². The maximum Gasteiger partial charge on any atom is 0.308 e. The minimum absolute atomic E-state index is 0.298. The zero-order chi connectivity index (χ0) is 18.8. The molecule has 0 unspecified atom stereocenters. The molecule has 0 aliphatic carbocycles. The molecular formula is C19H16N2O5. The number of fused-ring (bicyclic) bond motifs is 1. The topological polar surface area (TPSA) is 92.8 Å². The van der Waals surface area contributed by atoms with Crippen molar-refractivity contribution < 1.29 is 23.9 Å². The van der Waals surface area contributed by atoms with Crippen LogP contribution in [-0.2, 0) is 9.59 Å². The number of anilines is 1. The maximum absolute atomic E-state index is 12.3. The second-order valence-electron chi connectivity index (χ2n) is 5.86. The molecule has 1 aliphatic heterocycles. The van der Waals surface area contributed by atoms with Crippen molar-refractivity contribution in [2.75, 3.05) is 11.9 Å². The van der Waals surface area contributed by atoms with E-state index in [0.29, 0.717) is 28.1 Å². The lowest BCUT2D eigenvalue weighted by molar-refractivity contribution is -0.131. The third-order valence-corrected chi connectivity index (χ3v) is 3.91. The second kappa shape index (κ2) is 6.79. The molecule has 2 aromatic rings. The van der Waals surface area contributed by atoms with Crippen LogP contribution in [0.3, 0.4) is 0 Å². The van der Waals surface area contributed by atoms with Gasteiger partial charge in [0.25, 0.3) is 11.8 Å². The molecule has 0 radical (unpaired) electrons. The smallest absolute Gasteiger partial charge is 0.308 e. The summed E-state index contributed by atoms with van der Waals surface area (Å²) in [4.78, 5) is 48.7. The van der Waals surface area contributed by atoms with Gasteiger partial charge in [-0.2, -0.15) is 0 Å². The standard InChI is InChI=1S/C19H16N2O5/c1-11-9-13(26-12(2)22)7-8-16(11)20-17(23)10-21-18(24)14-5-3-4-6-15(14)19(21)25/h3-9H,10H2,1-2H3,(H,20,23). The number of aryl methyl sites for hydroxylation is 1. The van der Waals surface area contributed by atoms with Crippen molar-refractivity contribution in [1.29, 1.82) is 0 Å². The molecule has 7 nitrogen and oxygen atoms in total. The molecular weight excluding hydrogens is 336 g/mol. The van der Waals surface area contributed by atoms with Crippen LogP contribution in [-0.4, -0.2) is 35.1 Å². The van der Waals surface area contributed by atoms with E-state index in [9.17, 15) is 19.2 Å². The summed E-state index contributed by atoms with van der Waals surface area (Å²) in [5.41, 5.74) is 1.78. The molecule has 1 N–H and O–H groups in total. The van der Waals surface area contributed by atoms with Crippen molar-refractivity contribution in [2.24, 2.45) is 0 Å². The number of amides is 3. The molecule has 1 heterocycles. The largest absolute Gasteiger partial charge is 0.427 e. The molecule has 7 heteroatoms. The van der Waals surface area contributed by atoms with Gasteiger partial charge in [-0.1, -0.05) is 12.1 Å². The summed E-state index contributed by atoms with van der Waals surface area (Å²) in [6, 6.07) is 11.2. The highest BCUT2D eigenvalue weighted by Crippen LogP contribution is 2.24. The fourth-order valence-electron chi connectivity index (χ4n) is 2.72. The van der Waals surface area contributed by atoms with Gasteiger partial charge in [-0.25, -0.2) is 0 Å². The Hall–Kier alpha value is -3.48. The van der Waals surface area contributed by atoms with Gasteiger partial charge in [0.05, 0.1) is 11.1 Å². The average Bonchev–Trinajstić information content (AvgIpc) is 2.82. The first-order valence-corrected chi connectivity index (χ1v) is 7.91. The fraction of sp³-hybridized carbons (Fsp3) is 0.158. The summed E-state index contributed by atoms with van der Waals surface area (Å²) in [5, 5.41) is 2.66. The van der Waals surface area contributed by atoms with Gasteiger partial charge in [0.2, 0.25) is 5.91 Å². The second-order valence-corrected chi connectivity index (χ2v) is 5.86. The number of carbonyl (C=O) groups is 4. The first-order valence-electron chi connectivity index (χ1n) is 7.91. The quantitative estimate of drug-likeness (QED) is 0.517. The number of rotatable bonds is 4. The predicted molar refractivity (Wildman–Crippen MR) is 92.9 cm³/mol. The molecule has 26 heavy (non-hydrogen) atoms. The van der Waals surface area contributed by atoms with Crippen LogP contribution in [0.2, 0.25) is 0 Å². The van der Waals surface area contributed by atoms with Crippen LogP contribution in [0, 0.1) is 6.92 Å². The average molecular weight is 352 g/mol. The Morgan fingerprint density at radius 1 is 1.04 bits per heavy atom. The lowest BCUT2D eigenvalue weighted by atomic mass is 10.1. The number of ether oxygens (including phenoxy) is 1. The van der Waals surface area contributed by atoms with Crippen molar-refractivity contribution in [3.8, 4) is 5.75 Å². The van der Waals surface area contributed by atoms with Crippen molar-refractivity contribution in [2.45, 2.75) is 13.8 Å². The van der Waals surface area contributed by atoms with Gasteiger partial charge in [0.15, 0.2) is 0 Å². The summed E-state index contributed by atoms with van der Waals surface area (Å²) in [6.45, 7) is 2.66. The van der Waals surface area contributed by atoms with E-state index in [1.807, 2.05) is 0 Å². The van der Waals surface area contributed by atoms with Crippen LogP contribution in [0.15, 0.2) is 42.5 Å². The lowest BCUT2D eigenvalue weighted by Crippen LogP contribution is -2.37. The van der Waals surface area contributed by atoms with E-state index in [1.165, 1.54) is 6.92 Å². The van der Waals surface area contributed by atoms with Gasteiger partial charge in [0, 0.05) is 12.6 Å². The van der Waals surface area contributed by atoms with E-state index in [2.05, 4.69) is 5.32 Å². The zero-order valence-electron chi connectivity index (χ0n) is 14.2. The molecule has 3 amide bonds. The Labute approximate surface area is 149 Å².